The van der Waals surface area contributed by atoms with Crippen molar-refractivity contribution in [2.45, 2.75) is 36.5 Å². The molecule has 5 nitrogen and oxygen atoms in total. The minimum Gasteiger partial charge on any atom is -0.497 e. The van der Waals surface area contributed by atoms with Crippen LogP contribution in [0.25, 0.3) is 0 Å². The molecule has 1 aliphatic carbocycles. The number of hydrogen-bond acceptors (Lipinski definition) is 3. The third-order valence-corrected chi connectivity index (χ3v) is 6.86. The first-order valence-corrected chi connectivity index (χ1v) is 11.0. The fraction of sp³-hybridized carbons (Fsp3) is 0.480. The molecule has 1 aliphatic heterocycles. The standard InChI is InChI=1S/C25H32FN3O2/c1-27-23(29-18-25(11-12-25)21-5-3-4-6-22(21)26)28-17-24(13-15-31-16-14-24)19-7-9-20(30-2)10-8-19/h3-10H,11-18H2,1-2H3,(H2,27,28,29). The van der Waals surface area contributed by atoms with Crippen molar-refractivity contribution >= 4 is 5.96 Å². The van der Waals surface area contributed by atoms with Gasteiger partial charge in [-0.15, -0.1) is 0 Å². The topological polar surface area (TPSA) is 54.9 Å². The van der Waals surface area contributed by atoms with Gasteiger partial charge in [0.25, 0.3) is 0 Å². The average Bonchev–Trinajstić information content (AvgIpc) is 3.61. The van der Waals surface area contributed by atoms with E-state index in [1.54, 1.807) is 26.3 Å². The SMILES string of the molecule is CN=C(NCC1(c2ccc(OC)cc2)CCOCC1)NCC1(c2ccccc2F)CC1. The Morgan fingerprint density at radius 2 is 1.61 bits per heavy atom. The van der Waals surface area contributed by atoms with E-state index in [0.717, 1.165) is 62.7 Å². The molecule has 1 heterocycles. The van der Waals surface area contributed by atoms with Crippen molar-refractivity contribution in [1.29, 1.82) is 0 Å². The van der Waals surface area contributed by atoms with Crippen molar-refractivity contribution in [2.75, 3.05) is 40.5 Å². The fourth-order valence-corrected chi connectivity index (χ4v) is 4.58. The third kappa shape index (κ3) is 4.69. The van der Waals surface area contributed by atoms with E-state index in [0.29, 0.717) is 6.54 Å². The van der Waals surface area contributed by atoms with Gasteiger partial charge in [-0.2, -0.15) is 0 Å². The van der Waals surface area contributed by atoms with Crippen molar-refractivity contribution in [3.8, 4) is 5.75 Å². The zero-order valence-electron chi connectivity index (χ0n) is 18.4. The molecule has 1 saturated heterocycles. The lowest BCUT2D eigenvalue weighted by Gasteiger charge is -2.38. The minimum atomic E-state index is -0.130. The van der Waals surface area contributed by atoms with E-state index in [9.17, 15) is 4.39 Å². The largest absolute Gasteiger partial charge is 0.497 e. The molecule has 4 rings (SSSR count). The van der Waals surface area contributed by atoms with E-state index < -0.39 is 0 Å². The van der Waals surface area contributed by atoms with E-state index in [1.807, 2.05) is 24.3 Å². The van der Waals surface area contributed by atoms with Crippen molar-refractivity contribution < 1.29 is 13.9 Å². The summed E-state index contributed by atoms with van der Waals surface area (Å²) >= 11 is 0. The molecule has 1 saturated carbocycles. The summed E-state index contributed by atoms with van der Waals surface area (Å²) in [5.74, 6) is 1.49. The zero-order chi connectivity index (χ0) is 21.7. The Bertz CT molecular complexity index is 903. The maximum Gasteiger partial charge on any atom is 0.191 e. The lowest BCUT2D eigenvalue weighted by molar-refractivity contribution is 0.0513. The number of nitrogens with zero attached hydrogens (tertiary/aromatic N) is 1. The Balaban J connectivity index is 1.42. The Hall–Kier alpha value is -2.60. The molecule has 2 aromatic rings. The van der Waals surface area contributed by atoms with E-state index in [-0.39, 0.29) is 16.6 Å². The van der Waals surface area contributed by atoms with Gasteiger partial charge in [-0.3, -0.25) is 4.99 Å². The van der Waals surface area contributed by atoms with Crippen molar-refractivity contribution in [3.05, 3.63) is 65.5 Å². The molecule has 0 amide bonds. The number of hydrogen-bond donors (Lipinski definition) is 2. The van der Waals surface area contributed by atoms with Crippen LogP contribution in [0, 0.1) is 5.82 Å². The second-order valence-corrected chi connectivity index (χ2v) is 8.66. The van der Waals surface area contributed by atoms with Gasteiger partial charge in [-0.05, 0) is 55.0 Å². The van der Waals surface area contributed by atoms with E-state index in [1.165, 1.54) is 5.56 Å². The van der Waals surface area contributed by atoms with Crippen LogP contribution in [-0.4, -0.2) is 46.4 Å². The minimum absolute atomic E-state index is 0.0229. The number of aliphatic imine (C=N–C) groups is 1. The van der Waals surface area contributed by atoms with Gasteiger partial charge >= 0.3 is 0 Å². The number of methoxy groups -OCH3 is 1. The predicted octanol–water partition coefficient (Wildman–Crippen LogP) is 3.78. The van der Waals surface area contributed by atoms with Crippen LogP contribution in [-0.2, 0) is 15.6 Å². The molecule has 0 spiro atoms. The van der Waals surface area contributed by atoms with Gasteiger partial charge in [-0.25, -0.2) is 4.39 Å². The Kier molecular flexibility index (Phi) is 6.46. The highest BCUT2D eigenvalue weighted by Crippen LogP contribution is 2.48. The number of ether oxygens (including phenoxy) is 2. The maximum absolute atomic E-state index is 14.3. The average molecular weight is 426 g/mol. The molecule has 6 heteroatoms. The van der Waals surface area contributed by atoms with Crippen LogP contribution in [0.3, 0.4) is 0 Å². The Labute approximate surface area is 184 Å². The van der Waals surface area contributed by atoms with Crippen LogP contribution in [0.5, 0.6) is 5.75 Å². The summed E-state index contributed by atoms with van der Waals surface area (Å²) in [4.78, 5) is 4.42. The summed E-state index contributed by atoms with van der Waals surface area (Å²) in [6.45, 7) is 2.92. The fourth-order valence-electron chi connectivity index (χ4n) is 4.58. The molecule has 2 N–H and O–H groups in total. The van der Waals surface area contributed by atoms with Gasteiger partial charge in [-0.1, -0.05) is 30.3 Å². The summed E-state index contributed by atoms with van der Waals surface area (Å²) in [5, 5.41) is 6.98. The molecule has 2 aliphatic rings. The van der Waals surface area contributed by atoms with Gasteiger partial charge < -0.3 is 20.1 Å². The van der Waals surface area contributed by atoms with Gasteiger partial charge in [0, 0.05) is 44.2 Å². The van der Waals surface area contributed by atoms with Crippen LogP contribution in [0.1, 0.15) is 36.8 Å². The van der Waals surface area contributed by atoms with Crippen LogP contribution < -0.4 is 15.4 Å². The summed E-state index contributed by atoms with van der Waals surface area (Å²) in [7, 11) is 3.46. The molecule has 31 heavy (non-hydrogen) atoms. The normalized spacial score (nSPS) is 19.5. The van der Waals surface area contributed by atoms with E-state index in [4.69, 9.17) is 9.47 Å². The number of nitrogens with one attached hydrogen (secondary N) is 2. The van der Waals surface area contributed by atoms with Gasteiger partial charge in [0.1, 0.15) is 11.6 Å². The smallest absolute Gasteiger partial charge is 0.191 e. The molecule has 2 aromatic carbocycles. The maximum atomic E-state index is 14.3. The summed E-state index contributed by atoms with van der Waals surface area (Å²) < 4.78 is 25.3. The van der Waals surface area contributed by atoms with Crippen LogP contribution in [0.2, 0.25) is 0 Å². The van der Waals surface area contributed by atoms with E-state index >= 15 is 0 Å². The first-order valence-electron chi connectivity index (χ1n) is 11.0. The lowest BCUT2D eigenvalue weighted by atomic mass is 9.74. The quantitative estimate of drug-likeness (QED) is 0.524. The Morgan fingerprint density at radius 1 is 0.968 bits per heavy atom. The molecule has 0 aromatic heterocycles. The van der Waals surface area contributed by atoms with Crippen LogP contribution >= 0.6 is 0 Å². The highest BCUT2D eigenvalue weighted by Gasteiger charge is 2.46. The second-order valence-electron chi connectivity index (χ2n) is 8.66. The summed E-state index contributed by atoms with van der Waals surface area (Å²) in [6.07, 6.45) is 3.88. The van der Waals surface area contributed by atoms with E-state index in [2.05, 4.69) is 27.8 Å². The molecule has 0 radical (unpaired) electrons. The van der Waals surface area contributed by atoms with Gasteiger partial charge in [0.15, 0.2) is 5.96 Å². The van der Waals surface area contributed by atoms with Crippen molar-refractivity contribution in [3.63, 3.8) is 0 Å². The number of halogens is 1. The third-order valence-electron chi connectivity index (χ3n) is 6.86. The molecule has 166 valence electrons. The van der Waals surface area contributed by atoms with Gasteiger partial charge in [0.05, 0.1) is 7.11 Å². The first kappa shape index (κ1) is 21.6. The molecule has 0 atom stereocenters. The first-order chi connectivity index (χ1) is 15.1. The second kappa shape index (κ2) is 9.27. The molecule has 2 fully saturated rings. The van der Waals surface area contributed by atoms with Crippen LogP contribution in [0.15, 0.2) is 53.5 Å². The number of benzene rings is 2. The molecular weight excluding hydrogens is 393 g/mol. The molecular formula is C25H32FN3O2. The highest BCUT2D eigenvalue weighted by atomic mass is 19.1. The monoisotopic (exact) mass is 425 g/mol. The van der Waals surface area contributed by atoms with Gasteiger partial charge in [0.2, 0.25) is 0 Å². The lowest BCUT2D eigenvalue weighted by Crippen LogP contribution is -2.49. The molecule has 0 unspecified atom stereocenters. The number of guanidine groups is 1. The zero-order valence-corrected chi connectivity index (χ0v) is 18.4. The van der Waals surface area contributed by atoms with Crippen molar-refractivity contribution in [1.82, 2.24) is 10.6 Å². The summed E-state index contributed by atoms with van der Waals surface area (Å²) in [5.41, 5.74) is 1.93. The Morgan fingerprint density at radius 3 is 2.19 bits per heavy atom. The summed E-state index contributed by atoms with van der Waals surface area (Å²) in [6, 6.07) is 15.5. The van der Waals surface area contributed by atoms with Crippen LogP contribution in [0.4, 0.5) is 4.39 Å². The number of rotatable bonds is 7. The predicted molar refractivity (Wildman–Crippen MR) is 121 cm³/mol. The molecule has 0 bridgehead atoms. The van der Waals surface area contributed by atoms with Crippen molar-refractivity contribution in [2.24, 2.45) is 4.99 Å². The highest BCUT2D eigenvalue weighted by molar-refractivity contribution is 5.80.